The molecule has 0 radical (unpaired) electrons. The first-order valence-electron chi connectivity index (χ1n) is 7.66. The third kappa shape index (κ3) is 2.96. The fraction of sp³-hybridized carbons (Fsp3) is 0.438. The Labute approximate surface area is 125 Å². The summed E-state index contributed by atoms with van der Waals surface area (Å²) in [6.45, 7) is 5.23. The Morgan fingerprint density at radius 1 is 1.14 bits per heavy atom. The summed E-state index contributed by atoms with van der Waals surface area (Å²) in [4.78, 5) is 4.57. The van der Waals surface area contributed by atoms with Crippen molar-refractivity contribution in [2.24, 2.45) is 0 Å². The van der Waals surface area contributed by atoms with Crippen molar-refractivity contribution < 1.29 is 0 Å². The molecule has 0 bridgehead atoms. The molecular formula is C16H21N5. The minimum atomic E-state index is 0.577. The third-order valence-electron chi connectivity index (χ3n) is 3.81. The number of fused-ring (bicyclic) bond motifs is 1. The van der Waals surface area contributed by atoms with Gasteiger partial charge in [-0.05, 0) is 49.4 Å². The number of aryl methyl sites for hydroxylation is 3. The van der Waals surface area contributed by atoms with E-state index in [-0.39, 0.29) is 0 Å². The number of nitrogens with one attached hydrogen (secondary N) is 2. The summed E-state index contributed by atoms with van der Waals surface area (Å²) >= 11 is 0. The molecule has 0 aliphatic carbocycles. The van der Waals surface area contributed by atoms with E-state index in [0.717, 1.165) is 42.9 Å². The minimum absolute atomic E-state index is 0.577. The zero-order chi connectivity index (χ0) is 14.7. The van der Waals surface area contributed by atoms with E-state index in [0.29, 0.717) is 5.95 Å². The van der Waals surface area contributed by atoms with E-state index < -0.39 is 0 Å². The summed E-state index contributed by atoms with van der Waals surface area (Å²) in [5.41, 5.74) is 5.61. The Morgan fingerprint density at radius 3 is 2.81 bits per heavy atom. The van der Waals surface area contributed by atoms with Crippen LogP contribution in [0.3, 0.4) is 0 Å². The first-order chi connectivity index (χ1) is 10.3. The molecule has 0 unspecified atom stereocenters. The van der Waals surface area contributed by atoms with Crippen molar-refractivity contribution in [1.82, 2.24) is 15.2 Å². The Hall–Kier alpha value is -2.17. The van der Waals surface area contributed by atoms with Crippen LogP contribution in [0.2, 0.25) is 0 Å². The molecule has 5 heteroatoms. The largest absolute Gasteiger partial charge is 0.385 e. The van der Waals surface area contributed by atoms with Gasteiger partial charge in [0.2, 0.25) is 5.95 Å². The molecule has 5 nitrogen and oxygen atoms in total. The SMILES string of the molecule is CCc1nnc(Nc2ccc3c(c2)CCCN3)nc1CC. The first-order valence-corrected chi connectivity index (χ1v) is 7.66. The number of nitrogens with zero attached hydrogens (tertiary/aromatic N) is 3. The predicted molar refractivity (Wildman–Crippen MR) is 85.1 cm³/mol. The van der Waals surface area contributed by atoms with Crippen LogP contribution < -0.4 is 10.6 Å². The van der Waals surface area contributed by atoms with Crippen LogP contribution in [0, 0.1) is 0 Å². The quantitative estimate of drug-likeness (QED) is 0.902. The van der Waals surface area contributed by atoms with E-state index in [1.54, 1.807) is 0 Å². The highest BCUT2D eigenvalue weighted by atomic mass is 15.2. The fourth-order valence-corrected chi connectivity index (χ4v) is 2.67. The standard InChI is InChI=1S/C16H21N5/c1-3-13-14(4-2)20-21-16(19-13)18-12-7-8-15-11(10-12)6-5-9-17-15/h7-8,10,17H,3-6,9H2,1-2H3,(H,18,19,21). The number of anilines is 3. The van der Waals surface area contributed by atoms with Gasteiger partial charge in [-0.2, -0.15) is 0 Å². The Bertz CT molecular complexity index is 601. The number of hydrogen-bond donors (Lipinski definition) is 2. The zero-order valence-electron chi connectivity index (χ0n) is 12.6. The Balaban J connectivity index is 1.83. The van der Waals surface area contributed by atoms with Crippen LogP contribution in [0.1, 0.15) is 37.2 Å². The molecule has 0 atom stereocenters. The van der Waals surface area contributed by atoms with Gasteiger partial charge in [-0.1, -0.05) is 13.8 Å². The first kappa shape index (κ1) is 13.8. The maximum atomic E-state index is 4.57. The molecule has 0 spiro atoms. The van der Waals surface area contributed by atoms with Crippen molar-refractivity contribution in [3.8, 4) is 0 Å². The number of benzene rings is 1. The summed E-state index contributed by atoms with van der Waals surface area (Å²) in [5.74, 6) is 0.577. The van der Waals surface area contributed by atoms with Crippen LogP contribution in [0.25, 0.3) is 0 Å². The van der Waals surface area contributed by atoms with Gasteiger partial charge in [0.1, 0.15) is 0 Å². The molecule has 1 aromatic heterocycles. The van der Waals surface area contributed by atoms with Gasteiger partial charge in [-0.25, -0.2) is 4.98 Å². The molecule has 1 aromatic carbocycles. The second-order valence-corrected chi connectivity index (χ2v) is 5.26. The van der Waals surface area contributed by atoms with Crippen LogP contribution in [0.4, 0.5) is 17.3 Å². The van der Waals surface area contributed by atoms with Gasteiger partial charge in [0.05, 0.1) is 11.4 Å². The molecule has 21 heavy (non-hydrogen) atoms. The maximum Gasteiger partial charge on any atom is 0.247 e. The van der Waals surface area contributed by atoms with E-state index >= 15 is 0 Å². The number of aromatic nitrogens is 3. The van der Waals surface area contributed by atoms with Gasteiger partial charge >= 0.3 is 0 Å². The molecule has 1 aliphatic rings. The Kier molecular flexibility index (Phi) is 3.99. The van der Waals surface area contributed by atoms with Gasteiger partial charge in [0.15, 0.2) is 0 Å². The molecular weight excluding hydrogens is 262 g/mol. The van der Waals surface area contributed by atoms with Crippen molar-refractivity contribution >= 4 is 17.3 Å². The molecule has 110 valence electrons. The summed E-state index contributed by atoms with van der Waals surface area (Å²) in [6.07, 6.45) is 4.04. The van der Waals surface area contributed by atoms with Gasteiger partial charge in [0, 0.05) is 17.9 Å². The minimum Gasteiger partial charge on any atom is -0.385 e. The van der Waals surface area contributed by atoms with Crippen molar-refractivity contribution in [3.05, 3.63) is 35.2 Å². The molecule has 1 aliphatic heterocycles. The summed E-state index contributed by atoms with van der Waals surface area (Å²) < 4.78 is 0. The van der Waals surface area contributed by atoms with Gasteiger partial charge in [0.25, 0.3) is 0 Å². The van der Waals surface area contributed by atoms with Crippen molar-refractivity contribution in [2.75, 3.05) is 17.2 Å². The van der Waals surface area contributed by atoms with Crippen LogP contribution in [-0.4, -0.2) is 21.7 Å². The van der Waals surface area contributed by atoms with Crippen molar-refractivity contribution in [3.63, 3.8) is 0 Å². The second-order valence-electron chi connectivity index (χ2n) is 5.26. The lowest BCUT2D eigenvalue weighted by molar-refractivity contribution is 0.826. The molecule has 3 rings (SSSR count). The highest BCUT2D eigenvalue weighted by Crippen LogP contribution is 2.26. The van der Waals surface area contributed by atoms with E-state index in [1.165, 1.54) is 17.7 Å². The summed E-state index contributed by atoms with van der Waals surface area (Å²) in [6, 6.07) is 6.34. The molecule has 2 heterocycles. The summed E-state index contributed by atoms with van der Waals surface area (Å²) in [7, 11) is 0. The van der Waals surface area contributed by atoms with Crippen molar-refractivity contribution in [1.29, 1.82) is 0 Å². The van der Waals surface area contributed by atoms with Crippen LogP contribution in [0.15, 0.2) is 18.2 Å². The van der Waals surface area contributed by atoms with Crippen molar-refractivity contribution in [2.45, 2.75) is 39.5 Å². The van der Waals surface area contributed by atoms with E-state index in [1.807, 2.05) is 0 Å². The zero-order valence-corrected chi connectivity index (χ0v) is 12.6. The number of hydrogen-bond acceptors (Lipinski definition) is 5. The molecule has 2 aromatic rings. The highest BCUT2D eigenvalue weighted by molar-refractivity contribution is 5.63. The lowest BCUT2D eigenvalue weighted by Crippen LogP contribution is -2.12. The van der Waals surface area contributed by atoms with Gasteiger partial charge in [-0.15, -0.1) is 10.2 Å². The second kappa shape index (κ2) is 6.08. The van der Waals surface area contributed by atoms with Crippen LogP contribution in [-0.2, 0) is 19.3 Å². The van der Waals surface area contributed by atoms with Gasteiger partial charge < -0.3 is 10.6 Å². The normalized spacial score (nSPS) is 13.4. The monoisotopic (exact) mass is 283 g/mol. The lowest BCUT2D eigenvalue weighted by Gasteiger charge is -2.18. The average molecular weight is 283 g/mol. The number of rotatable bonds is 4. The van der Waals surface area contributed by atoms with E-state index in [2.05, 4.69) is 57.9 Å². The van der Waals surface area contributed by atoms with Crippen LogP contribution >= 0.6 is 0 Å². The summed E-state index contributed by atoms with van der Waals surface area (Å²) in [5, 5.41) is 15.1. The molecule has 2 N–H and O–H groups in total. The molecule has 0 fully saturated rings. The maximum absolute atomic E-state index is 4.57. The topological polar surface area (TPSA) is 62.7 Å². The average Bonchev–Trinajstić information content (AvgIpc) is 2.54. The van der Waals surface area contributed by atoms with Crippen LogP contribution in [0.5, 0.6) is 0 Å². The Morgan fingerprint density at radius 2 is 2.00 bits per heavy atom. The molecule has 0 amide bonds. The molecule has 0 saturated carbocycles. The van der Waals surface area contributed by atoms with Gasteiger partial charge in [-0.3, -0.25) is 0 Å². The van der Waals surface area contributed by atoms with E-state index in [4.69, 9.17) is 0 Å². The smallest absolute Gasteiger partial charge is 0.247 e. The molecule has 0 saturated heterocycles. The lowest BCUT2D eigenvalue weighted by atomic mass is 10.0. The third-order valence-corrected chi connectivity index (χ3v) is 3.81. The predicted octanol–water partition coefficient (Wildman–Crippen LogP) is 3.10. The fourth-order valence-electron chi connectivity index (χ4n) is 2.67. The van der Waals surface area contributed by atoms with E-state index in [9.17, 15) is 0 Å². The highest BCUT2D eigenvalue weighted by Gasteiger charge is 2.10.